The lowest BCUT2D eigenvalue weighted by Gasteiger charge is -2.15. The van der Waals surface area contributed by atoms with Crippen LogP contribution in [0.15, 0.2) is 47.1 Å². The highest BCUT2D eigenvalue weighted by Crippen LogP contribution is 2.10. The Morgan fingerprint density at radius 1 is 1.22 bits per heavy atom. The largest absolute Gasteiger partial charge is 0.459 e. The minimum absolute atomic E-state index is 0.122. The van der Waals surface area contributed by atoms with Gasteiger partial charge in [0.25, 0.3) is 5.91 Å². The molecule has 1 aromatic heterocycles. The van der Waals surface area contributed by atoms with Gasteiger partial charge in [-0.2, -0.15) is 0 Å². The lowest BCUT2D eigenvalue weighted by Crippen LogP contribution is -2.25. The van der Waals surface area contributed by atoms with Crippen LogP contribution in [0, 0.1) is 0 Å². The third-order valence-electron chi connectivity index (χ3n) is 2.76. The molecule has 0 unspecified atom stereocenters. The second kappa shape index (κ2) is 5.51. The van der Waals surface area contributed by atoms with Gasteiger partial charge in [0.05, 0.1) is 6.26 Å². The van der Waals surface area contributed by atoms with E-state index in [1.165, 1.54) is 6.26 Å². The molecular formula is C14H16N2O2. The van der Waals surface area contributed by atoms with Crippen LogP contribution in [0.4, 0.5) is 0 Å². The molecule has 1 heterocycles. The Morgan fingerprint density at radius 2 is 1.89 bits per heavy atom. The summed E-state index contributed by atoms with van der Waals surface area (Å²) in [5.74, 6) is 0.235. The Hall–Kier alpha value is -2.07. The summed E-state index contributed by atoms with van der Waals surface area (Å²) in [4.78, 5) is 13.6. The van der Waals surface area contributed by atoms with Gasteiger partial charge in [-0.1, -0.05) is 24.3 Å². The topological polar surface area (TPSA) is 59.5 Å². The van der Waals surface area contributed by atoms with Gasteiger partial charge in [-0.05, 0) is 23.3 Å². The SMILES string of the molecule is CN(Cc1ccc(CN)cc1)C(=O)c1ccco1. The molecule has 18 heavy (non-hydrogen) atoms. The smallest absolute Gasteiger partial charge is 0.289 e. The molecule has 94 valence electrons. The molecule has 0 aliphatic heterocycles. The van der Waals surface area contributed by atoms with Crippen molar-refractivity contribution in [3.05, 3.63) is 59.5 Å². The summed E-state index contributed by atoms with van der Waals surface area (Å²) in [6, 6.07) is 11.3. The Morgan fingerprint density at radius 3 is 2.44 bits per heavy atom. The van der Waals surface area contributed by atoms with Crippen LogP contribution in [0.5, 0.6) is 0 Å². The summed E-state index contributed by atoms with van der Waals surface area (Å²) < 4.78 is 5.08. The van der Waals surface area contributed by atoms with Crippen LogP contribution in [0.2, 0.25) is 0 Å². The Kier molecular flexibility index (Phi) is 3.79. The zero-order valence-corrected chi connectivity index (χ0v) is 10.3. The molecule has 0 fully saturated rings. The molecule has 1 amide bonds. The van der Waals surface area contributed by atoms with Crippen LogP contribution in [0.3, 0.4) is 0 Å². The van der Waals surface area contributed by atoms with Gasteiger partial charge in [0, 0.05) is 20.1 Å². The van der Waals surface area contributed by atoms with Crippen LogP contribution < -0.4 is 5.73 Å². The van der Waals surface area contributed by atoms with E-state index in [9.17, 15) is 4.79 Å². The van der Waals surface area contributed by atoms with Crippen LogP contribution in [-0.4, -0.2) is 17.9 Å². The minimum atomic E-state index is -0.122. The van der Waals surface area contributed by atoms with Crippen LogP contribution >= 0.6 is 0 Å². The Balaban J connectivity index is 2.02. The zero-order chi connectivity index (χ0) is 13.0. The average Bonchev–Trinajstić information content (AvgIpc) is 2.92. The maximum absolute atomic E-state index is 11.9. The maximum Gasteiger partial charge on any atom is 0.289 e. The van der Waals surface area contributed by atoms with Crippen LogP contribution in [-0.2, 0) is 13.1 Å². The molecule has 4 heteroatoms. The number of carbonyl (C=O) groups excluding carboxylic acids is 1. The lowest BCUT2D eigenvalue weighted by molar-refractivity contribution is 0.0753. The number of nitrogens with zero attached hydrogens (tertiary/aromatic N) is 1. The normalized spacial score (nSPS) is 10.3. The molecule has 1 aromatic carbocycles. The first kappa shape index (κ1) is 12.4. The summed E-state index contributed by atoms with van der Waals surface area (Å²) in [6.07, 6.45) is 1.50. The van der Waals surface area contributed by atoms with Gasteiger partial charge in [-0.15, -0.1) is 0 Å². The average molecular weight is 244 g/mol. The summed E-state index contributed by atoms with van der Waals surface area (Å²) >= 11 is 0. The molecule has 0 saturated carbocycles. The second-order valence-corrected chi connectivity index (χ2v) is 4.16. The Labute approximate surface area is 106 Å². The molecular weight excluding hydrogens is 228 g/mol. The first-order valence-corrected chi connectivity index (χ1v) is 5.77. The van der Waals surface area contributed by atoms with Crippen molar-refractivity contribution in [3.8, 4) is 0 Å². The van der Waals surface area contributed by atoms with Gasteiger partial charge in [0.15, 0.2) is 5.76 Å². The van der Waals surface area contributed by atoms with E-state index in [-0.39, 0.29) is 5.91 Å². The van der Waals surface area contributed by atoms with Crippen molar-refractivity contribution in [2.45, 2.75) is 13.1 Å². The summed E-state index contributed by atoms with van der Waals surface area (Å²) in [5, 5.41) is 0. The second-order valence-electron chi connectivity index (χ2n) is 4.16. The first-order chi connectivity index (χ1) is 8.70. The fourth-order valence-corrected chi connectivity index (χ4v) is 1.71. The highest BCUT2D eigenvalue weighted by molar-refractivity contribution is 5.91. The molecule has 0 atom stereocenters. The monoisotopic (exact) mass is 244 g/mol. The predicted molar refractivity (Wildman–Crippen MR) is 68.8 cm³/mol. The first-order valence-electron chi connectivity index (χ1n) is 5.77. The van der Waals surface area contributed by atoms with Gasteiger partial charge in [-0.3, -0.25) is 4.79 Å². The number of hydrogen-bond donors (Lipinski definition) is 1. The maximum atomic E-state index is 11.9. The number of nitrogens with two attached hydrogens (primary N) is 1. The highest BCUT2D eigenvalue weighted by Gasteiger charge is 2.14. The van der Waals surface area contributed by atoms with Crippen molar-refractivity contribution in [3.63, 3.8) is 0 Å². The van der Waals surface area contributed by atoms with Gasteiger partial charge < -0.3 is 15.1 Å². The molecule has 0 saturated heterocycles. The summed E-state index contributed by atoms with van der Waals surface area (Å²) in [7, 11) is 1.75. The van der Waals surface area contributed by atoms with Crippen molar-refractivity contribution in [1.29, 1.82) is 0 Å². The van der Waals surface area contributed by atoms with Crippen LogP contribution in [0.25, 0.3) is 0 Å². The lowest BCUT2D eigenvalue weighted by atomic mass is 10.1. The third kappa shape index (κ3) is 2.78. The van der Waals surface area contributed by atoms with Crippen molar-refractivity contribution in [2.75, 3.05) is 7.05 Å². The van der Waals surface area contributed by atoms with Gasteiger partial charge >= 0.3 is 0 Å². The Bertz CT molecular complexity index is 503. The molecule has 4 nitrogen and oxygen atoms in total. The van der Waals surface area contributed by atoms with E-state index in [4.69, 9.17) is 10.2 Å². The van der Waals surface area contributed by atoms with Gasteiger partial charge in [-0.25, -0.2) is 0 Å². The highest BCUT2D eigenvalue weighted by atomic mass is 16.3. The molecule has 2 rings (SSSR count). The fraction of sp³-hybridized carbons (Fsp3) is 0.214. The number of furan rings is 1. The molecule has 0 aliphatic carbocycles. The van der Waals surface area contributed by atoms with Gasteiger partial charge in [0.1, 0.15) is 0 Å². The van der Waals surface area contributed by atoms with Crippen LogP contribution in [0.1, 0.15) is 21.7 Å². The van der Waals surface area contributed by atoms with E-state index in [1.807, 2.05) is 24.3 Å². The number of carbonyl (C=O) groups is 1. The quantitative estimate of drug-likeness (QED) is 0.895. The molecule has 2 N–H and O–H groups in total. The predicted octanol–water partition coefficient (Wildman–Crippen LogP) is 2.01. The van der Waals surface area contributed by atoms with E-state index in [2.05, 4.69) is 0 Å². The molecule has 0 radical (unpaired) electrons. The number of rotatable bonds is 4. The zero-order valence-electron chi connectivity index (χ0n) is 10.3. The number of hydrogen-bond acceptors (Lipinski definition) is 3. The van der Waals surface area contributed by atoms with E-state index in [0.717, 1.165) is 11.1 Å². The van der Waals surface area contributed by atoms with E-state index in [1.54, 1.807) is 24.1 Å². The van der Waals surface area contributed by atoms with Crippen molar-refractivity contribution < 1.29 is 9.21 Å². The van der Waals surface area contributed by atoms with Crippen molar-refractivity contribution in [1.82, 2.24) is 4.90 Å². The standard InChI is InChI=1S/C14H16N2O2/c1-16(14(17)13-3-2-8-18-13)10-12-6-4-11(9-15)5-7-12/h2-8H,9-10,15H2,1H3. The molecule has 0 aliphatic rings. The number of amides is 1. The van der Waals surface area contributed by atoms with Gasteiger partial charge in [0.2, 0.25) is 0 Å². The molecule has 2 aromatic rings. The van der Waals surface area contributed by atoms with E-state index < -0.39 is 0 Å². The third-order valence-corrected chi connectivity index (χ3v) is 2.76. The summed E-state index contributed by atoms with van der Waals surface area (Å²) in [6.45, 7) is 1.08. The molecule has 0 bridgehead atoms. The van der Waals surface area contributed by atoms with E-state index >= 15 is 0 Å². The van der Waals surface area contributed by atoms with Crippen molar-refractivity contribution in [2.24, 2.45) is 5.73 Å². The van der Waals surface area contributed by atoms with E-state index in [0.29, 0.717) is 18.8 Å². The summed E-state index contributed by atoms with van der Waals surface area (Å²) in [5.41, 5.74) is 7.68. The fourth-order valence-electron chi connectivity index (χ4n) is 1.71. The molecule has 0 spiro atoms. The number of benzene rings is 1. The van der Waals surface area contributed by atoms with Crippen molar-refractivity contribution >= 4 is 5.91 Å². The minimum Gasteiger partial charge on any atom is -0.459 e.